The number of amides is 2. The molecule has 1 saturated heterocycles. The van der Waals surface area contributed by atoms with Crippen molar-refractivity contribution in [2.24, 2.45) is 5.92 Å². The van der Waals surface area contributed by atoms with E-state index in [9.17, 15) is 14.4 Å². The van der Waals surface area contributed by atoms with Crippen LogP contribution in [0, 0.1) is 5.92 Å². The Morgan fingerprint density at radius 2 is 2.00 bits per heavy atom. The molecular formula is C19H35N3O4. The first-order valence-electron chi connectivity index (χ1n) is 9.94. The van der Waals surface area contributed by atoms with Gasteiger partial charge >= 0.3 is 5.97 Å². The highest BCUT2D eigenvalue weighted by molar-refractivity contribution is 5.80. The largest absolute Gasteiger partial charge is 0.465 e. The maximum absolute atomic E-state index is 12.0. The molecule has 1 aliphatic heterocycles. The van der Waals surface area contributed by atoms with Crippen molar-refractivity contribution in [2.45, 2.75) is 65.3 Å². The molecular weight excluding hydrogens is 334 g/mol. The summed E-state index contributed by atoms with van der Waals surface area (Å²) in [5.74, 6) is -0.142. The Kier molecular flexibility index (Phi) is 10.9. The molecule has 0 spiro atoms. The van der Waals surface area contributed by atoms with E-state index in [2.05, 4.69) is 10.6 Å². The second kappa shape index (κ2) is 12.7. The number of hydrogen-bond acceptors (Lipinski definition) is 5. The zero-order valence-electron chi connectivity index (χ0n) is 16.5. The second-order valence-electron chi connectivity index (χ2n) is 6.89. The highest BCUT2D eigenvalue weighted by atomic mass is 16.5. The standard InChI is InChI=1S/C19H35N3O4/c1-4-15(3)18(19(25)26-5-2)21-14-16(23)20-11-9-13-22-12-8-6-7-10-17(22)24/h15,18,21H,4-14H2,1-3H3,(H,20,23)/t15-,18+/m1/s1. The quantitative estimate of drug-likeness (QED) is 0.425. The summed E-state index contributed by atoms with van der Waals surface area (Å²) in [5, 5.41) is 5.85. The van der Waals surface area contributed by atoms with Gasteiger partial charge in [-0.1, -0.05) is 26.7 Å². The maximum Gasteiger partial charge on any atom is 0.323 e. The van der Waals surface area contributed by atoms with Gasteiger partial charge in [-0.25, -0.2) is 0 Å². The van der Waals surface area contributed by atoms with Gasteiger partial charge in [-0.2, -0.15) is 0 Å². The van der Waals surface area contributed by atoms with E-state index in [-0.39, 0.29) is 30.2 Å². The third-order valence-electron chi connectivity index (χ3n) is 4.83. The molecule has 2 atom stereocenters. The number of carbonyl (C=O) groups is 3. The summed E-state index contributed by atoms with van der Waals surface area (Å²) in [6.45, 7) is 8.18. The summed E-state index contributed by atoms with van der Waals surface area (Å²) in [4.78, 5) is 37.8. The van der Waals surface area contributed by atoms with Gasteiger partial charge in [0.25, 0.3) is 0 Å². The molecule has 7 heteroatoms. The molecule has 150 valence electrons. The minimum Gasteiger partial charge on any atom is -0.465 e. The van der Waals surface area contributed by atoms with Crippen molar-refractivity contribution in [3.05, 3.63) is 0 Å². The van der Waals surface area contributed by atoms with E-state index in [1.807, 2.05) is 18.7 Å². The number of hydrogen-bond donors (Lipinski definition) is 2. The fourth-order valence-electron chi connectivity index (χ4n) is 3.02. The van der Waals surface area contributed by atoms with Crippen LogP contribution in [-0.4, -0.2) is 61.5 Å². The van der Waals surface area contributed by atoms with Crippen LogP contribution in [0.4, 0.5) is 0 Å². The van der Waals surface area contributed by atoms with Gasteiger partial charge in [-0.05, 0) is 32.1 Å². The molecule has 2 N–H and O–H groups in total. The average molecular weight is 370 g/mol. The van der Waals surface area contributed by atoms with E-state index in [4.69, 9.17) is 4.74 Å². The lowest BCUT2D eigenvalue weighted by Crippen LogP contribution is -2.47. The fourth-order valence-corrected chi connectivity index (χ4v) is 3.02. The summed E-state index contributed by atoms with van der Waals surface area (Å²) >= 11 is 0. The first-order valence-corrected chi connectivity index (χ1v) is 9.94. The third kappa shape index (κ3) is 8.17. The van der Waals surface area contributed by atoms with Gasteiger partial charge < -0.3 is 15.0 Å². The van der Waals surface area contributed by atoms with Gasteiger partial charge in [0.1, 0.15) is 6.04 Å². The predicted molar refractivity (Wildman–Crippen MR) is 101 cm³/mol. The molecule has 0 aromatic carbocycles. The lowest BCUT2D eigenvalue weighted by atomic mass is 9.99. The van der Waals surface area contributed by atoms with Crippen LogP contribution in [0.25, 0.3) is 0 Å². The summed E-state index contributed by atoms with van der Waals surface area (Å²) in [6.07, 6.45) is 5.36. The Morgan fingerprint density at radius 3 is 2.69 bits per heavy atom. The molecule has 26 heavy (non-hydrogen) atoms. The van der Waals surface area contributed by atoms with E-state index >= 15 is 0 Å². The lowest BCUT2D eigenvalue weighted by molar-refractivity contribution is -0.147. The van der Waals surface area contributed by atoms with Crippen molar-refractivity contribution in [3.63, 3.8) is 0 Å². The molecule has 1 rings (SSSR count). The van der Waals surface area contributed by atoms with E-state index in [0.29, 0.717) is 26.1 Å². The van der Waals surface area contributed by atoms with Crippen LogP contribution in [0.1, 0.15) is 59.3 Å². The van der Waals surface area contributed by atoms with Crippen LogP contribution in [0.2, 0.25) is 0 Å². The van der Waals surface area contributed by atoms with Crippen LogP contribution in [0.5, 0.6) is 0 Å². The molecule has 1 heterocycles. The maximum atomic E-state index is 12.0. The Bertz CT molecular complexity index is 456. The molecule has 0 radical (unpaired) electrons. The molecule has 0 aromatic rings. The number of carbonyl (C=O) groups excluding carboxylic acids is 3. The molecule has 1 fully saturated rings. The van der Waals surface area contributed by atoms with Crippen molar-refractivity contribution >= 4 is 17.8 Å². The molecule has 1 aliphatic rings. The molecule has 2 amide bonds. The number of nitrogens with one attached hydrogen (secondary N) is 2. The Labute approximate surface area is 157 Å². The van der Waals surface area contributed by atoms with Crippen molar-refractivity contribution in [1.82, 2.24) is 15.5 Å². The van der Waals surface area contributed by atoms with Crippen LogP contribution in [0.15, 0.2) is 0 Å². The first-order chi connectivity index (χ1) is 12.5. The topological polar surface area (TPSA) is 87.7 Å². The van der Waals surface area contributed by atoms with Gasteiger partial charge in [0.05, 0.1) is 13.2 Å². The number of rotatable bonds is 11. The van der Waals surface area contributed by atoms with E-state index in [0.717, 1.165) is 38.6 Å². The highest BCUT2D eigenvalue weighted by Gasteiger charge is 2.25. The van der Waals surface area contributed by atoms with Gasteiger partial charge in [0.15, 0.2) is 0 Å². The zero-order valence-corrected chi connectivity index (χ0v) is 16.5. The molecule has 0 aliphatic carbocycles. The van der Waals surface area contributed by atoms with E-state index < -0.39 is 6.04 Å². The molecule has 0 bridgehead atoms. The first kappa shape index (κ1) is 22.4. The normalized spacial score (nSPS) is 17.3. The number of likely N-dealkylation sites (tertiary alicyclic amines) is 1. The van der Waals surface area contributed by atoms with Gasteiger partial charge in [0, 0.05) is 26.1 Å². The third-order valence-corrected chi connectivity index (χ3v) is 4.83. The summed E-state index contributed by atoms with van der Waals surface area (Å²) in [6, 6.07) is -0.472. The van der Waals surface area contributed by atoms with Crippen LogP contribution < -0.4 is 10.6 Å². The van der Waals surface area contributed by atoms with Crippen molar-refractivity contribution in [2.75, 3.05) is 32.8 Å². The highest BCUT2D eigenvalue weighted by Crippen LogP contribution is 2.11. The minimum atomic E-state index is -0.472. The van der Waals surface area contributed by atoms with Crippen molar-refractivity contribution in [3.8, 4) is 0 Å². The average Bonchev–Trinajstić information content (AvgIpc) is 2.83. The molecule has 0 saturated carbocycles. The molecule has 0 aromatic heterocycles. The Morgan fingerprint density at radius 1 is 1.23 bits per heavy atom. The summed E-state index contributed by atoms with van der Waals surface area (Å²) in [5.41, 5.74) is 0. The van der Waals surface area contributed by atoms with E-state index in [1.165, 1.54) is 0 Å². The fraction of sp³-hybridized carbons (Fsp3) is 0.842. The predicted octanol–water partition coefficient (Wildman–Crippen LogP) is 1.46. The Balaban J connectivity index is 2.27. The van der Waals surface area contributed by atoms with Crippen LogP contribution in [-0.2, 0) is 19.1 Å². The molecule has 7 nitrogen and oxygen atoms in total. The van der Waals surface area contributed by atoms with Crippen molar-refractivity contribution in [1.29, 1.82) is 0 Å². The zero-order chi connectivity index (χ0) is 19.4. The number of nitrogens with zero attached hydrogens (tertiary/aromatic N) is 1. The van der Waals surface area contributed by atoms with E-state index in [1.54, 1.807) is 6.92 Å². The monoisotopic (exact) mass is 369 g/mol. The van der Waals surface area contributed by atoms with Gasteiger partial charge in [-0.3, -0.25) is 19.7 Å². The lowest BCUT2D eigenvalue weighted by Gasteiger charge is -2.22. The smallest absolute Gasteiger partial charge is 0.323 e. The summed E-state index contributed by atoms with van der Waals surface area (Å²) in [7, 11) is 0. The van der Waals surface area contributed by atoms with Crippen LogP contribution in [0.3, 0.4) is 0 Å². The number of ether oxygens (including phenoxy) is 1. The Hall–Kier alpha value is -1.63. The van der Waals surface area contributed by atoms with Gasteiger partial charge in [0.2, 0.25) is 11.8 Å². The van der Waals surface area contributed by atoms with Crippen LogP contribution >= 0.6 is 0 Å². The van der Waals surface area contributed by atoms with Crippen molar-refractivity contribution < 1.29 is 19.1 Å². The second-order valence-corrected chi connectivity index (χ2v) is 6.89. The summed E-state index contributed by atoms with van der Waals surface area (Å²) < 4.78 is 5.07. The minimum absolute atomic E-state index is 0.0798. The molecule has 0 unspecified atom stereocenters. The number of esters is 1. The van der Waals surface area contributed by atoms with Gasteiger partial charge in [-0.15, -0.1) is 0 Å². The SMILES string of the molecule is CCOC(=O)[C@@H](NCC(=O)NCCCN1CCCCCC1=O)[C@H](C)CC.